The summed E-state index contributed by atoms with van der Waals surface area (Å²) in [7, 11) is -4.38. The number of carbonyl (C=O) groups excluding carboxylic acids is 2. The average molecular weight is 642 g/mol. The minimum atomic E-state index is -4.82. The van der Waals surface area contributed by atoms with Gasteiger partial charge in [0.1, 0.15) is 18.4 Å². The van der Waals surface area contributed by atoms with Gasteiger partial charge in [0.2, 0.25) is 21.8 Å². The first-order valence-electron chi connectivity index (χ1n) is 13.3. The van der Waals surface area contributed by atoms with Gasteiger partial charge in [0.15, 0.2) is 0 Å². The number of carbonyl (C=O) groups is 2. The molecule has 0 bridgehead atoms. The van der Waals surface area contributed by atoms with Gasteiger partial charge in [0.05, 0.1) is 22.5 Å². The summed E-state index contributed by atoms with van der Waals surface area (Å²) in [6.07, 6.45) is -3.54. The monoisotopic (exact) mass is 641 g/mol. The van der Waals surface area contributed by atoms with Gasteiger partial charge in [-0.2, -0.15) is 13.2 Å². The molecule has 3 aromatic carbocycles. The maximum Gasteiger partial charge on any atom is 0.416 e. The zero-order chi connectivity index (χ0) is 31.9. The Morgan fingerprint density at radius 1 is 1.00 bits per heavy atom. The van der Waals surface area contributed by atoms with Crippen LogP contribution in [0.5, 0.6) is 0 Å². The van der Waals surface area contributed by atoms with Crippen molar-refractivity contribution in [2.75, 3.05) is 17.1 Å². The highest BCUT2D eigenvalue weighted by molar-refractivity contribution is 7.92. The summed E-state index contributed by atoms with van der Waals surface area (Å²) < 4.78 is 81.5. The Hall–Kier alpha value is -3.64. The number of halogens is 5. The second kappa shape index (κ2) is 14.2. The number of hydrogen-bond acceptors (Lipinski definition) is 4. The average Bonchev–Trinajstić information content (AvgIpc) is 2.94. The highest BCUT2D eigenvalue weighted by Gasteiger charge is 2.36. The summed E-state index contributed by atoms with van der Waals surface area (Å²) in [5, 5.41) is 2.48. The van der Waals surface area contributed by atoms with Gasteiger partial charge in [0, 0.05) is 24.6 Å². The van der Waals surface area contributed by atoms with Gasteiger partial charge in [-0.1, -0.05) is 67.1 Å². The van der Waals surface area contributed by atoms with Gasteiger partial charge in [-0.3, -0.25) is 13.9 Å². The van der Waals surface area contributed by atoms with E-state index in [4.69, 9.17) is 11.6 Å². The fraction of sp³-hybridized carbons (Fsp3) is 0.333. The van der Waals surface area contributed by atoms with Crippen molar-refractivity contribution in [1.29, 1.82) is 0 Å². The third-order valence-electron chi connectivity index (χ3n) is 6.79. The van der Waals surface area contributed by atoms with Crippen molar-refractivity contribution in [3.8, 4) is 0 Å². The second-order valence-corrected chi connectivity index (χ2v) is 12.4. The van der Waals surface area contributed by atoms with E-state index in [-0.39, 0.29) is 23.0 Å². The van der Waals surface area contributed by atoms with Crippen LogP contribution in [0.3, 0.4) is 0 Å². The number of nitrogens with one attached hydrogen (secondary N) is 1. The predicted octanol–water partition coefficient (Wildman–Crippen LogP) is 5.82. The molecule has 2 amide bonds. The molecule has 0 aliphatic carbocycles. The third-order valence-corrected chi connectivity index (χ3v) is 8.24. The zero-order valence-electron chi connectivity index (χ0n) is 23.7. The van der Waals surface area contributed by atoms with Crippen LogP contribution in [0.1, 0.15) is 37.0 Å². The lowest BCUT2D eigenvalue weighted by Crippen LogP contribution is -2.54. The molecule has 0 radical (unpaired) electrons. The predicted molar refractivity (Wildman–Crippen MR) is 157 cm³/mol. The van der Waals surface area contributed by atoms with E-state index in [1.54, 1.807) is 37.3 Å². The smallest absolute Gasteiger partial charge is 0.352 e. The molecule has 13 heteroatoms. The number of nitrogens with zero attached hydrogens (tertiary/aromatic N) is 2. The van der Waals surface area contributed by atoms with Crippen LogP contribution in [-0.4, -0.2) is 50.0 Å². The van der Waals surface area contributed by atoms with Crippen LogP contribution < -0.4 is 9.62 Å². The van der Waals surface area contributed by atoms with Crippen LogP contribution in [0.4, 0.5) is 23.2 Å². The minimum Gasteiger partial charge on any atom is -0.352 e. The third kappa shape index (κ3) is 9.17. The van der Waals surface area contributed by atoms with E-state index >= 15 is 0 Å². The van der Waals surface area contributed by atoms with Crippen LogP contribution in [0.2, 0.25) is 5.02 Å². The molecule has 0 saturated heterocycles. The Balaban J connectivity index is 2.13. The largest absolute Gasteiger partial charge is 0.416 e. The molecule has 0 aliphatic heterocycles. The Bertz CT molecular complexity index is 1540. The van der Waals surface area contributed by atoms with Crippen LogP contribution >= 0.6 is 11.6 Å². The molecule has 3 rings (SSSR count). The molecule has 1 N–H and O–H groups in total. The van der Waals surface area contributed by atoms with E-state index in [1.165, 1.54) is 24.3 Å². The van der Waals surface area contributed by atoms with Crippen molar-refractivity contribution < 1.29 is 35.6 Å². The van der Waals surface area contributed by atoms with Crippen molar-refractivity contribution >= 4 is 39.1 Å². The lowest BCUT2D eigenvalue weighted by atomic mass is 10.0. The highest BCUT2D eigenvalue weighted by Crippen LogP contribution is 2.36. The molecule has 7 nitrogen and oxygen atoms in total. The molecule has 3 aromatic rings. The van der Waals surface area contributed by atoms with Gasteiger partial charge in [-0.25, -0.2) is 12.8 Å². The molecule has 0 saturated carbocycles. The molecule has 0 spiro atoms. The van der Waals surface area contributed by atoms with E-state index in [2.05, 4.69) is 5.32 Å². The first kappa shape index (κ1) is 33.9. The second-order valence-electron chi connectivity index (χ2n) is 10.1. The van der Waals surface area contributed by atoms with Gasteiger partial charge < -0.3 is 10.2 Å². The highest BCUT2D eigenvalue weighted by atomic mass is 35.5. The Kier molecular flexibility index (Phi) is 11.2. The Morgan fingerprint density at radius 3 is 2.21 bits per heavy atom. The SMILES string of the molecule is CC[C@H](C)NC(=O)[C@H](Cc1ccccc1)N(Cc1ccccc1F)C(=O)CN(c1cc(C(F)(F)F)ccc1Cl)S(C)(=O)=O. The van der Waals surface area contributed by atoms with Crippen molar-refractivity contribution in [3.05, 3.63) is 100 Å². The summed E-state index contributed by atoms with van der Waals surface area (Å²) >= 11 is 6.14. The summed E-state index contributed by atoms with van der Waals surface area (Å²) in [5.41, 5.74) is -1.03. The number of rotatable bonds is 12. The first-order valence-corrected chi connectivity index (χ1v) is 15.6. The molecular weight excluding hydrogens is 610 g/mol. The molecule has 0 aliphatic rings. The van der Waals surface area contributed by atoms with E-state index in [0.29, 0.717) is 28.4 Å². The van der Waals surface area contributed by atoms with E-state index in [9.17, 15) is 35.6 Å². The quantitative estimate of drug-likeness (QED) is 0.253. The van der Waals surface area contributed by atoms with Gasteiger partial charge >= 0.3 is 6.18 Å². The van der Waals surface area contributed by atoms with Crippen molar-refractivity contribution in [2.24, 2.45) is 0 Å². The fourth-order valence-corrected chi connectivity index (χ4v) is 5.40. The lowest BCUT2D eigenvalue weighted by Gasteiger charge is -2.34. The number of hydrogen-bond donors (Lipinski definition) is 1. The Morgan fingerprint density at radius 2 is 1.63 bits per heavy atom. The molecule has 2 atom stereocenters. The number of benzene rings is 3. The Labute approximate surface area is 253 Å². The molecule has 0 aromatic heterocycles. The number of sulfonamides is 1. The maximum absolute atomic E-state index is 14.8. The lowest BCUT2D eigenvalue weighted by molar-refractivity contribution is -0.140. The summed E-state index contributed by atoms with van der Waals surface area (Å²) in [5.74, 6) is -2.18. The first-order chi connectivity index (χ1) is 20.1. The minimum absolute atomic E-state index is 0.00745. The summed E-state index contributed by atoms with van der Waals surface area (Å²) in [4.78, 5) is 28.7. The molecule has 232 valence electrons. The van der Waals surface area contributed by atoms with E-state index in [1.807, 2.05) is 6.92 Å². The zero-order valence-corrected chi connectivity index (χ0v) is 25.3. The normalized spacial score (nSPS) is 13.2. The fourth-order valence-electron chi connectivity index (χ4n) is 4.28. The van der Waals surface area contributed by atoms with Crippen LogP contribution in [0, 0.1) is 5.82 Å². The van der Waals surface area contributed by atoms with Crippen LogP contribution in [-0.2, 0) is 38.8 Å². The molecule has 0 unspecified atom stereocenters. The van der Waals surface area contributed by atoms with E-state index < -0.39 is 64.2 Å². The number of anilines is 1. The molecule has 0 fully saturated rings. The standard InChI is InChI=1S/C30H32ClF4N3O4S/c1-4-20(2)36-29(40)27(16-21-10-6-5-7-11-21)37(18-22-12-8-9-13-25(22)32)28(39)19-38(43(3,41)42)26-17-23(30(33,34)35)14-15-24(26)31/h5-15,17,20,27H,4,16,18-19H2,1-3H3,(H,36,40)/t20-,27-/m0/s1. The van der Waals surface area contributed by atoms with Gasteiger partial charge in [-0.05, 0) is 43.2 Å². The summed E-state index contributed by atoms with van der Waals surface area (Å²) in [6, 6.07) is 14.9. The maximum atomic E-state index is 14.8. The van der Waals surface area contributed by atoms with E-state index in [0.717, 1.165) is 17.2 Å². The molecular formula is C30H32ClF4N3O4S. The topological polar surface area (TPSA) is 86.8 Å². The van der Waals surface area contributed by atoms with Crippen molar-refractivity contribution in [3.63, 3.8) is 0 Å². The number of alkyl halides is 3. The summed E-state index contributed by atoms with van der Waals surface area (Å²) in [6.45, 7) is 2.19. The van der Waals surface area contributed by atoms with Gasteiger partial charge in [0.25, 0.3) is 0 Å². The van der Waals surface area contributed by atoms with Crippen LogP contribution in [0.15, 0.2) is 72.8 Å². The molecule has 43 heavy (non-hydrogen) atoms. The van der Waals surface area contributed by atoms with Gasteiger partial charge in [-0.15, -0.1) is 0 Å². The molecule has 0 heterocycles. The van der Waals surface area contributed by atoms with Crippen molar-refractivity contribution in [1.82, 2.24) is 10.2 Å². The number of amides is 2. The van der Waals surface area contributed by atoms with Crippen molar-refractivity contribution in [2.45, 2.75) is 51.5 Å². The van der Waals surface area contributed by atoms with Crippen LogP contribution in [0.25, 0.3) is 0 Å².